The molecular formula is C7H11NO4S. The summed E-state index contributed by atoms with van der Waals surface area (Å²) in [6.07, 6.45) is 0. The second-order valence-corrected chi connectivity index (χ2v) is 5.67. The molecule has 0 atom stereocenters. The summed E-state index contributed by atoms with van der Waals surface area (Å²) in [5.41, 5.74) is -0.748. The minimum absolute atomic E-state index is 0.0843. The molecule has 74 valence electrons. The molecule has 6 heteroatoms. The predicted octanol–water partition coefficient (Wildman–Crippen LogP) is -1.12. The van der Waals surface area contributed by atoms with Crippen LogP contribution in [0.4, 0.5) is 0 Å². The number of carbonyl (C=O) groups is 2. The second kappa shape index (κ2) is 2.80. The van der Waals surface area contributed by atoms with Crippen molar-refractivity contribution in [3.8, 4) is 0 Å². The number of ketones is 1. The van der Waals surface area contributed by atoms with Crippen LogP contribution < -0.4 is 5.32 Å². The highest BCUT2D eigenvalue weighted by atomic mass is 32.2. The van der Waals surface area contributed by atoms with Gasteiger partial charge in [-0.15, -0.1) is 0 Å². The van der Waals surface area contributed by atoms with Crippen LogP contribution in [0.2, 0.25) is 0 Å². The van der Waals surface area contributed by atoms with E-state index in [9.17, 15) is 18.0 Å². The van der Waals surface area contributed by atoms with E-state index in [4.69, 9.17) is 0 Å². The molecule has 1 saturated heterocycles. The molecule has 0 aromatic heterocycles. The minimum Gasteiger partial charge on any atom is -0.342 e. The normalized spacial score (nSPS) is 22.9. The largest absolute Gasteiger partial charge is 0.342 e. The molecule has 0 aliphatic carbocycles. The zero-order chi connectivity index (χ0) is 10.3. The molecule has 1 amide bonds. The highest BCUT2D eigenvalue weighted by Gasteiger charge is 2.45. The Kier molecular flexibility index (Phi) is 2.19. The molecular weight excluding hydrogens is 194 g/mol. The molecule has 0 bridgehead atoms. The maximum Gasteiger partial charge on any atom is 0.287 e. The summed E-state index contributed by atoms with van der Waals surface area (Å²) in [6, 6.07) is 0. The smallest absolute Gasteiger partial charge is 0.287 e. The fourth-order valence-corrected chi connectivity index (χ4v) is 3.36. The predicted molar refractivity (Wildman–Crippen MR) is 45.9 cm³/mol. The summed E-state index contributed by atoms with van der Waals surface area (Å²) in [4.78, 5) is 21.5. The highest BCUT2D eigenvalue weighted by Crippen LogP contribution is 2.22. The van der Waals surface area contributed by atoms with E-state index in [-0.39, 0.29) is 11.5 Å². The molecule has 1 aliphatic heterocycles. The van der Waals surface area contributed by atoms with Crippen molar-refractivity contribution in [3.05, 3.63) is 0 Å². The van der Waals surface area contributed by atoms with Crippen molar-refractivity contribution >= 4 is 21.5 Å². The van der Waals surface area contributed by atoms with Crippen molar-refractivity contribution in [2.45, 2.75) is 19.4 Å². The van der Waals surface area contributed by atoms with E-state index in [0.717, 1.165) is 6.92 Å². The molecule has 0 saturated carbocycles. The number of hydrogen-bond acceptors (Lipinski definition) is 4. The summed E-state index contributed by atoms with van der Waals surface area (Å²) in [5.74, 6) is -1.50. The Morgan fingerprint density at radius 3 is 2.08 bits per heavy atom. The van der Waals surface area contributed by atoms with E-state index in [2.05, 4.69) is 5.32 Å². The van der Waals surface area contributed by atoms with Crippen molar-refractivity contribution in [3.63, 3.8) is 0 Å². The molecule has 0 aromatic carbocycles. The Labute approximate surface area is 76.4 Å². The van der Waals surface area contributed by atoms with Crippen LogP contribution in [-0.4, -0.2) is 37.2 Å². The van der Waals surface area contributed by atoms with Gasteiger partial charge in [0.1, 0.15) is 0 Å². The van der Waals surface area contributed by atoms with Crippen LogP contribution in [0, 0.1) is 0 Å². The van der Waals surface area contributed by atoms with E-state index in [0.29, 0.717) is 0 Å². The van der Waals surface area contributed by atoms with Crippen LogP contribution in [-0.2, 0) is 19.4 Å². The molecule has 1 heterocycles. The average molecular weight is 205 g/mol. The van der Waals surface area contributed by atoms with Crippen molar-refractivity contribution in [2.75, 3.05) is 11.5 Å². The summed E-state index contributed by atoms with van der Waals surface area (Å²) >= 11 is 0. The van der Waals surface area contributed by atoms with Gasteiger partial charge >= 0.3 is 0 Å². The average Bonchev–Trinajstić information content (AvgIpc) is 1.80. The van der Waals surface area contributed by atoms with E-state index >= 15 is 0 Å². The minimum atomic E-state index is -2.99. The van der Waals surface area contributed by atoms with Crippen molar-refractivity contribution in [1.29, 1.82) is 0 Å². The first kappa shape index (κ1) is 10.2. The van der Waals surface area contributed by atoms with Gasteiger partial charge in [0.15, 0.2) is 9.84 Å². The van der Waals surface area contributed by atoms with Gasteiger partial charge in [-0.25, -0.2) is 8.42 Å². The quantitative estimate of drug-likeness (QED) is 0.579. The van der Waals surface area contributed by atoms with E-state index < -0.39 is 27.1 Å². The van der Waals surface area contributed by atoms with Gasteiger partial charge < -0.3 is 5.32 Å². The fraction of sp³-hybridized carbons (Fsp3) is 0.714. The third-order valence-electron chi connectivity index (χ3n) is 1.81. The number of sulfone groups is 1. The summed E-state index contributed by atoms with van der Waals surface area (Å²) in [5, 5.41) is 2.38. The maximum atomic E-state index is 10.9. The van der Waals surface area contributed by atoms with Gasteiger partial charge in [0.2, 0.25) is 5.78 Å². The lowest BCUT2D eigenvalue weighted by molar-refractivity contribution is -0.137. The van der Waals surface area contributed by atoms with Crippen LogP contribution >= 0.6 is 0 Å². The number of carbonyl (C=O) groups excluding carboxylic acids is 2. The molecule has 0 unspecified atom stereocenters. The van der Waals surface area contributed by atoms with Crippen molar-refractivity contribution in [2.24, 2.45) is 0 Å². The lowest BCUT2D eigenvalue weighted by Crippen LogP contribution is -2.64. The Morgan fingerprint density at radius 2 is 1.77 bits per heavy atom. The maximum absolute atomic E-state index is 10.9. The summed E-state index contributed by atoms with van der Waals surface area (Å²) in [7, 11) is -2.99. The molecule has 1 aliphatic rings. The van der Waals surface area contributed by atoms with Crippen LogP contribution in [0.5, 0.6) is 0 Å². The Morgan fingerprint density at radius 1 is 1.31 bits per heavy atom. The molecule has 0 aromatic rings. The van der Waals surface area contributed by atoms with Crippen molar-refractivity contribution < 1.29 is 18.0 Å². The molecule has 5 nitrogen and oxygen atoms in total. The van der Waals surface area contributed by atoms with Gasteiger partial charge in [-0.3, -0.25) is 9.59 Å². The summed E-state index contributed by atoms with van der Waals surface area (Å²) in [6.45, 7) is 2.75. The summed E-state index contributed by atoms with van der Waals surface area (Å²) < 4.78 is 21.6. The van der Waals surface area contributed by atoms with Crippen LogP contribution in [0.25, 0.3) is 0 Å². The van der Waals surface area contributed by atoms with Gasteiger partial charge in [0, 0.05) is 6.92 Å². The number of amides is 1. The first-order valence-corrected chi connectivity index (χ1v) is 5.60. The SMILES string of the molecule is CC(=O)C(=O)NC1(C)CS(=O)(=O)C1. The Hall–Kier alpha value is -0.910. The third kappa shape index (κ3) is 2.27. The number of Topliss-reactive ketones (excluding diaryl/α,β-unsaturated/α-hetero) is 1. The number of nitrogens with one attached hydrogen (secondary N) is 1. The third-order valence-corrected chi connectivity index (χ3v) is 3.97. The van der Waals surface area contributed by atoms with E-state index in [1.807, 2.05) is 0 Å². The monoisotopic (exact) mass is 205 g/mol. The zero-order valence-corrected chi connectivity index (χ0v) is 8.27. The second-order valence-electron chi connectivity index (χ2n) is 3.60. The Bertz CT molecular complexity index is 345. The van der Waals surface area contributed by atoms with Gasteiger partial charge in [0.25, 0.3) is 5.91 Å². The van der Waals surface area contributed by atoms with E-state index in [1.54, 1.807) is 6.92 Å². The standard InChI is InChI=1S/C7H11NO4S/c1-5(9)6(10)8-7(2)3-13(11,12)4-7/h3-4H2,1-2H3,(H,8,10). The van der Waals surface area contributed by atoms with Crippen LogP contribution in [0.15, 0.2) is 0 Å². The Balaban J connectivity index is 2.58. The highest BCUT2D eigenvalue weighted by molar-refractivity contribution is 7.93. The first-order valence-electron chi connectivity index (χ1n) is 3.78. The van der Waals surface area contributed by atoms with Crippen molar-refractivity contribution in [1.82, 2.24) is 5.32 Å². The van der Waals surface area contributed by atoms with Gasteiger partial charge in [-0.05, 0) is 6.92 Å². The molecule has 1 fully saturated rings. The molecule has 1 rings (SSSR count). The number of hydrogen-bond donors (Lipinski definition) is 1. The van der Waals surface area contributed by atoms with Gasteiger partial charge in [-0.2, -0.15) is 0 Å². The molecule has 0 radical (unpaired) electrons. The topological polar surface area (TPSA) is 80.3 Å². The van der Waals surface area contributed by atoms with Gasteiger partial charge in [0.05, 0.1) is 17.0 Å². The number of rotatable bonds is 2. The fourth-order valence-electron chi connectivity index (χ4n) is 1.36. The van der Waals surface area contributed by atoms with Gasteiger partial charge in [-0.1, -0.05) is 0 Å². The molecule has 1 N–H and O–H groups in total. The first-order chi connectivity index (χ1) is 5.74. The zero-order valence-electron chi connectivity index (χ0n) is 7.46. The van der Waals surface area contributed by atoms with E-state index in [1.165, 1.54) is 0 Å². The van der Waals surface area contributed by atoms with Crippen LogP contribution in [0.3, 0.4) is 0 Å². The lowest BCUT2D eigenvalue weighted by Gasteiger charge is -2.37. The van der Waals surface area contributed by atoms with Crippen LogP contribution in [0.1, 0.15) is 13.8 Å². The molecule has 0 spiro atoms. The lowest BCUT2D eigenvalue weighted by atomic mass is 10.1. The molecule has 13 heavy (non-hydrogen) atoms.